The molecule has 3 rings (SSSR count). The molecule has 0 amide bonds. The van der Waals surface area contributed by atoms with Gasteiger partial charge in [-0.05, 0) is 24.6 Å². The van der Waals surface area contributed by atoms with Crippen LogP contribution in [0, 0.1) is 5.82 Å². The van der Waals surface area contributed by atoms with E-state index in [4.69, 9.17) is 9.26 Å². The quantitative estimate of drug-likeness (QED) is 0.372. The molecule has 1 aromatic carbocycles. The summed E-state index contributed by atoms with van der Waals surface area (Å²) >= 11 is 0. The highest BCUT2D eigenvalue weighted by Gasteiger charge is 2.20. The largest absolute Gasteiger partial charge is 0.494 e. The third-order valence-electron chi connectivity index (χ3n) is 4.51. The third kappa shape index (κ3) is 6.06. The molecular formula is C19H27FIN5O2. The second-order valence-corrected chi connectivity index (χ2v) is 6.39. The molecule has 0 bridgehead atoms. The average Bonchev–Trinajstić information content (AvgIpc) is 3.19. The fourth-order valence-electron chi connectivity index (χ4n) is 3.07. The molecule has 0 unspecified atom stereocenters. The van der Waals surface area contributed by atoms with Crippen molar-refractivity contribution in [1.29, 1.82) is 0 Å². The highest BCUT2D eigenvalue weighted by molar-refractivity contribution is 14.0. The van der Waals surface area contributed by atoms with E-state index in [1.807, 2.05) is 19.1 Å². The molecule has 0 aliphatic carbocycles. The molecule has 1 aromatic heterocycles. The molecule has 0 spiro atoms. The normalized spacial score (nSPS) is 15.2. The molecule has 1 aliphatic heterocycles. The smallest absolute Gasteiger partial charge is 0.194 e. The number of benzene rings is 1. The van der Waals surface area contributed by atoms with E-state index in [1.54, 1.807) is 12.3 Å². The summed E-state index contributed by atoms with van der Waals surface area (Å²) < 4.78 is 23.7. The summed E-state index contributed by atoms with van der Waals surface area (Å²) in [6.07, 6.45) is 1.60. The molecule has 0 radical (unpaired) electrons. The molecule has 154 valence electrons. The lowest BCUT2D eigenvalue weighted by molar-refractivity contribution is 0.169. The van der Waals surface area contributed by atoms with Gasteiger partial charge in [-0.2, -0.15) is 0 Å². The highest BCUT2D eigenvalue weighted by atomic mass is 127. The molecule has 2 heterocycles. The van der Waals surface area contributed by atoms with Crippen molar-refractivity contribution in [2.24, 2.45) is 4.99 Å². The Balaban J connectivity index is 0.00000280. The van der Waals surface area contributed by atoms with Crippen LogP contribution in [-0.2, 0) is 13.1 Å². The number of nitrogens with zero attached hydrogens (tertiary/aromatic N) is 4. The van der Waals surface area contributed by atoms with Crippen molar-refractivity contribution in [2.45, 2.75) is 20.0 Å². The van der Waals surface area contributed by atoms with E-state index in [0.29, 0.717) is 6.54 Å². The molecule has 1 fully saturated rings. The highest BCUT2D eigenvalue weighted by Crippen LogP contribution is 2.18. The van der Waals surface area contributed by atoms with Crippen LogP contribution in [0.3, 0.4) is 0 Å². The Kier molecular flexibility index (Phi) is 8.97. The molecular weight excluding hydrogens is 476 g/mol. The number of rotatable bonds is 6. The monoisotopic (exact) mass is 503 g/mol. The van der Waals surface area contributed by atoms with E-state index in [9.17, 15) is 4.39 Å². The van der Waals surface area contributed by atoms with Gasteiger partial charge in [-0.3, -0.25) is 4.90 Å². The summed E-state index contributed by atoms with van der Waals surface area (Å²) in [5, 5.41) is 7.30. The number of ether oxygens (including phenoxy) is 1. The summed E-state index contributed by atoms with van der Waals surface area (Å²) in [6, 6.07) is 6.84. The summed E-state index contributed by atoms with van der Waals surface area (Å²) in [5.41, 5.74) is 1.76. The number of guanidine groups is 1. The minimum absolute atomic E-state index is 0. The fraction of sp³-hybridized carbons (Fsp3) is 0.474. The van der Waals surface area contributed by atoms with Crippen LogP contribution in [0.1, 0.15) is 18.2 Å². The third-order valence-corrected chi connectivity index (χ3v) is 4.51. The van der Waals surface area contributed by atoms with Gasteiger partial charge in [0.05, 0.1) is 19.3 Å². The summed E-state index contributed by atoms with van der Waals surface area (Å²) in [7, 11) is 1.46. The predicted molar refractivity (Wildman–Crippen MR) is 117 cm³/mol. The van der Waals surface area contributed by atoms with E-state index in [1.165, 1.54) is 13.2 Å². The molecule has 7 nitrogen and oxygen atoms in total. The van der Waals surface area contributed by atoms with E-state index in [2.05, 4.69) is 25.3 Å². The fourth-order valence-corrected chi connectivity index (χ4v) is 3.07. The van der Waals surface area contributed by atoms with Gasteiger partial charge in [-0.25, -0.2) is 9.38 Å². The number of hydrogen-bond acceptors (Lipinski definition) is 5. The van der Waals surface area contributed by atoms with E-state index in [-0.39, 0.29) is 35.5 Å². The van der Waals surface area contributed by atoms with Crippen LogP contribution in [0.4, 0.5) is 4.39 Å². The average molecular weight is 503 g/mol. The first-order valence-electron chi connectivity index (χ1n) is 9.17. The second kappa shape index (κ2) is 11.2. The van der Waals surface area contributed by atoms with Gasteiger partial charge in [-0.1, -0.05) is 11.2 Å². The lowest BCUT2D eigenvalue weighted by Crippen LogP contribution is -2.52. The zero-order chi connectivity index (χ0) is 19.1. The summed E-state index contributed by atoms with van der Waals surface area (Å²) in [5.74, 6) is 0.740. The van der Waals surface area contributed by atoms with Gasteiger partial charge < -0.3 is 19.5 Å². The van der Waals surface area contributed by atoms with Crippen molar-refractivity contribution in [3.63, 3.8) is 0 Å². The maximum Gasteiger partial charge on any atom is 0.194 e. The van der Waals surface area contributed by atoms with Gasteiger partial charge in [0.15, 0.2) is 17.5 Å². The Morgan fingerprint density at radius 3 is 2.68 bits per heavy atom. The molecule has 1 aliphatic rings. The Morgan fingerprint density at radius 2 is 2.07 bits per heavy atom. The van der Waals surface area contributed by atoms with Crippen molar-refractivity contribution in [1.82, 2.24) is 20.3 Å². The van der Waals surface area contributed by atoms with Crippen molar-refractivity contribution in [3.05, 3.63) is 47.6 Å². The predicted octanol–water partition coefficient (Wildman–Crippen LogP) is 2.72. The van der Waals surface area contributed by atoms with Crippen LogP contribution >= 0.6 is 24.0 Å². The summed E-state index contributed by atoms with van der Waals surface area (Å²) in [4.78, 5) is 9.27. The van der Waals surface area contributed by atoms with Crippen LogP contribution < -0.4 is 10.1 Å². The Morgan fingerprint density at radius 1 is 1.29 bits per heavy atom. The SMILES string of the molecule is CCNC(=NCc1ccc(OC)c(F)c1)N1CCN(Cc2ccon2)CC1.I. The Bertz CT molecular complexity index is 749. The topological polar surface area (TPSA) is 66.1 Å². The maximum atomic E-state index is 13.9. The van der Waals surface area contributed by atoms with Crippen molar-refractivity contribution >= 4 is 29.9 Å². The van der Waals surface area contributed by atoms with Gasteiger partial charge in [0.2, 0.25) is 0 Å². The van der Waals surface area contributed by atoms with Gasteiger partial charge in [0.1, 0.15) is 6.26 Å². The first-order chi connectivity index (χ1) is 13.2. The van der Waals surface area contributed by atoms with Crippen LogP contribution in [-0.4, -0.2) is 60.7 Å². The van der Waals surface area contributed by atoms with Gasteiger partial charge >= 0.3 is 0 Å². The maximum absolute atomic E-state index is 13.9. The standard InChI is InChI=1S/C19H26FN5O2.HI/c1-3-21-19(22-13-15-4-5-18(26-2)17(20)12-15)25-9-7-24(8-10-25)14-16-6-11-27-23-16;/h4-6,11-12H,3,7-10,13-14H2,1-2H3,(H,21,22);1H. The van der Waals surface area contributed by atoms with Gasteiger partial charge in [0, 0.05) is 45.3 Å². The number of aromatic nitrogens is 1. The summed E-state index contributed by atoms with van der Waals surface area (Å²) in [6.45, 7) is 7.65. The zero-order valence-electron chi connectivity index (χ0n) is 16.2. The molecule has 0 saturated carbocycles. The lowest BCUT2D eigenvalue weighted by atomic mass is 10.2. The number of nitrogens with one attached hydrogen (secondary N) is 1. The Labute approximate surface area is 181 Å². The molecule has 1 N–H and O–H groups in total. The molecule has 0 atom stereocenters. The van der Waals surface area contributed by atoms with Crippen LogP contribution in [0.5, 0.6) is 5.75 Å². The minimum atomic E-state index is -0.364. The van der Waals surface area contributed by atoms with Crippen molar-refractivity contribution < 1.29 is 13.7 Å². The molecule has 1 saturated heterocycles. The van der Waals surface area contributed by atoms with Crippen LogP contribution in [0.2, 0.25) is 0 Å². The number of hydrogen-bond donors (Lipinski definition) is 1. The van der Waals surface area contributed by atoms with Crippen molar-refractivity contribution in [2.75, 3.05) is 39.8 Å². The van der Waals surface area contributed by atoms with E-state index in [0.717, 1.165) is 56.5 Å². The number of methoxy groups -OCH3 is 1. The van der Waals surface area contributed by atoms with E-state index < -0.39 is 0 Å². The first-order valence-corrected chi connectivity index (χ1v) is 9.17. The minimum Gasteiger partial charge on any atom is -0.494 e. The van der Waals surface area contributed by atoms with Crippen molar-refractivity contribution in [3.8, 4) is 5.75 Å². The number of halogens is 2. The molecule has 28 heavy (non-hydrogen) atoms. The molecule has 9 heteroatoms. The Hall–Kier alpha value is -1.88. The number of aliphatic imine (C=N–C) groups is 1. The second-order valence-electron chi connectivity index (χ2n) is 6.39. The number of piperazine rings is 1. The van der Waals surface area contributed by atoms with E-state index >= 15 is 0 Å². The molecule has 2 aromatic rings. The first kappa shape index (κ1) is 22.4. The van der Waals surface area contributed by atoms with Crippen LogP contribution in [0.25, 0.3) is 0 Å². The lowest BCUT2D eigenvalue weighted by Gasteiger charge is -2.36. The van der Waals surface area contributed by atoms with Gasteiger partial charge in [0.25, 0.3) is 0 Å². The zero-order valence-corrected chi connectivity index (χ0v) is 18.6. The van der Waals surface area contributed by atoms with Crippen LogP contribution in [0.15, 0.2) is 40.0 Å². The van der Waals surface area contributed by atoms with Gasteiger partial charge in [-0.15, -0.1) is 24.0 Å².